The number of carbonyl (C=O) groups excluding carboxylic acids is 1. The van der Waals surface area contributed by atoms with Crippen molar-refractivity contribution in [3.8, 4) is 16.5 Å². The molecule has 28 heavy (non-hydrogen) atoms. The number of hydrogen-bond acceptors (Lipinski definition) is 5. The maximum absolute atomic E-state index is 12.8. The molecule has 0 radical (unpaired) electrons. The van der Waals surface area contributed by atoms with Crippen molar-refractivity contribution in [2.45, 2.75) is 13.8 Å². The van der Waals surface area contributed by atoms with Gasteiger partial charge in [0.2, 0.25) is 5.95 Å². The van der Waals surface area contributed by atoms with Crippen LogP contribution in [0.3, 0.4) is 0 Å². The number of benzene rings is 1. The molecule has 0 saturated heterocycles. The van der Waals surface area contributed by atoms with Gasteiger partial charge in [-0.15, -0.1) is 11.3 Å². The Labute approximate surface area is 164 Å². The van der Waals surface area contributed by atoms with E-state index in [0.717, 1.165) is 10.4 Å². The Kier molecular flexibility index (Phi) is 4.62. The number of carbonyl (C=O) groups is 1. The molecule has 3 aromatic heterocycles. The van der Waals surface area contributed by atoms with Crippen LogP contribution >= 0.6 is 11.3 Å². The van der Waals surface area contributed by atoms with Gasteiger partial charge in [-0.2, -0.15) is 9.78 Å². The highest BCUT2D eigenvalue weighted by Crippen LogP contribution is 2.27. The van der Waals surface area contributed by atoms with Gasteiger partial charge in [-0.25, -0.2) is 4.98 Å². The molecule has 0 unspecified atom stereocenters. The predicted octanol–water partition coefficient (Wildman–Crippen LogP) is 3.55. The molecule has 0 aliphatic rings. The molecule has 0 atom stereocenters. The summed E-state index contributed by atoms with van der Waals surface area (Å²) in [4.78, 5) is 32.7. The number of nitrogens with one attached hydrogen (secondary N) is 2. The zero-order valence-corrected chi connectivity index (χ0v) is 16.1. The van der Waals surface area contributed by atoms with Crippen LogP contribution in [0.4, 0.5) is 5.82 Å². The molecule has 1 aromatic carbocycles. The van der Waals surface area contributed by atoms with Crippen LogP contribution in [0.5, 0.6) is 0 Å². The molecule has 0 bridgehead atoms. The molecule has 4 aromatic rings. The fourth-order valence-corrected chi connectivity index (χ4v) is 3.53. The molecule has 0 fully saturated rings. The van der Waals surface area contributed by atoms with Gasteiger partial charge in [0.1, 0.15) is 11.5 Å². The summed E-state index contributed by atoms with van der Waals surface area (Å²) in [7, 11) is 0. The molecule has 8 heteroatoms. The van der Waals surface area contributed by atoms with E-state index in [2.05, 4.69) is 20.4 Å². The number of aryl methyl sites for hydroxylation is 2. The van der Waals surface area contributed by atoms with E-state index in [4.69, 9.17) is 0 Å². The average Bonchev–Trinajstić information content (AvgIpc) is 3.30. The summed E-state index contributed by atoms with van der Waals surface area (Å²) < 4.78 is 1.44. The van der Waals surface area contributed by atoms with E-state index in [1.54, 1.807) is 19.1 Å². The Morgan fingerprint density at radius 2 is 1.96 bits per heavy atom. The summed E-state index contributed by atoms with van der Waals surface area (Å²) in [6.07, 6.45) is 0. The number of aromatic amines is 1. The van der Waals surface area contributed by atoms with Gasteiger partial charge in [-0.3, -0.25) is 14.6 Å². The fraction of sp³-hybridized carbons (Fsp3) is 0.100. The number of anilines is 1. The van der Waals surface area contributed by atoms with E-state index in [-0.39, 0.29) is 17.4 Å². The maximum atomic E-state index is 12.8. The van der Waals surface area contributed by atoms with Crippen LogP contribution in [-0.2, 0) is 0 Å². The van der Waals surface area contributed by atoms with Gasteiger partial charge < -0.3 is 5.32 Å². The van der Waals surface area contributed by atoms with Crippen molar-refractivity contribution < 1.29 is 4.79 Å². The zero-order valence-electron chi connectivity index (χ0n) is 15.3. The predicted molar refractivity (Wildman–Crippen MR) is 109 cm³/mol. The number of rotatable bonds is 4. The van der Waals surface area contributed by atoms with Crippen LogP contribution in [0.1, 0.15) is 21.6 Å². The molecule has 4 rings (SSSR count). The Morgan fingerprint density at radius 3 is 2.68 bits per heavy atom. The van der Waals surface area contributed by atoms with Gasteiger partial charge in [-0.1, -0.05) is 24.3 Å². The second-order valence-corrected chi connectivity index (χ2v) is 7.23. The molecule has 2 N–H and O–H groups in total. The molecule has 0 spiro atoms. The highest BCUT2D eigenvalue weighted by molar-refractivity contribution is 7.13. The monoisotopic (exact) mass is 391 g/mol. The first kappa shape index (κ1) is 17.9. The molecule has 0 aliphatic heterocycles. The van der Waals surface area contributed by atoms with Crippen LogP contribution < -0.4 is 10.9 Å². The molecular weight excluding hydrogens is 374 g/mol. The van der Waals surface area contributed by atoms with E-state index < -0.39 is 0 Å². The number of nitrogens with zero attached hydrogens (tertiary/aromatic N) is 3. The van der Waals surface area contributed by atoms with Crippen molar-refractivity contribution in [1.29, 1.82) is 0 Å². The summed E-state index contributed by atoms with van der Waals surface area (Å²) in [6, 6.07) is 14.4. The van der Waals surface area contributed by atoms with Crippen molar-refractivity contribution in [3.63, 3.8) is 0 Å². The minimum Gasteiger partial charge on any atom is -0.306 e. The largest absolute Gasteiger partial charge is 0.306 e. The Hall–Kier alpha value is -3.52. The van der Waals surface area contributed by atoms with Crippen molar-refractivity contribution >= 4 is 23.1 Å². The standard InChI is InChI=1S/C20H17N5O2S/c1-12-6-3-4-7-14(12)19(27)22-17-11-15(16-8-5-9-28-16)24-25(17)20-21-13(2)10-18(26)23-20/h3-11H,1-2H3,(H,22,27)(H,21,23,26). The second kappa shape index (κ2) is 7.24. The third-order valence-electron chi connectivity index (χ3n) is 4.17. The lowest BCUT2D eigenvalue weighted by atomic mass is 10.1. The number of amides is 1. The first-order valence-electron chi connectivity index (χ1n) is 8.60. The number of H-pyrrole nitrogens is 1. The van der Waals surface area contributed by atoms with Crippen LogP contribution in [0.15, 0.2) is 58.7 Å². The summed E-state index contributed by atoms with van der Waals surface area (Å²) in [5.74, 6) is 0.408. The van der Waals surface area contributed by atoms with Gasteiger partial charge in [0.25, 0.3) is 11.5 Å². The Morgan fingerprint density at radius 1 is 1.14 bits per heavy atom. The second-order valence-electron chi connectivity index (χ2n) is 6.28. The average molecular weight is 391 g/mol. The molecule has 1 amide bonds. The fourth-order valence-electron chi connectivity index (χ4n) is 2.85. The van der Waals surface area contributed by atoms with Crippen molar-refractivity contribution in [2.24, 2.45) is 0 Å². The lowest BCUT2D eigenvalue weighted by Crippen LogP contribution is -2.19. The highest BCUT2D eigenvalue weighted by Gasteiger charge is 2.17. The minimum atomic E-state index is -0.285. The van der Waals surface area contributed by atoms with Crippen LogP contribution in [0.2, 0.25) is 0 Å². The van der Waals surface area contributed by atoms with Crippen LogP contribution in [-0.4, -0.2) is 25.7 Å². The molecular formula is C20H17N5O2S. The third-order valence-corrected chi connectivity index (χ3v) is 5.06. The first-order valence-corrected chi connectivity index (χ1v) is 9.48. The normalized spacial score (nSPS) is 10.8. The maximum Gasteiger partial charge on any atom is 0.257 e. The molecule has 7 nitrogen and oxygen atoms in total. The third kappa shape index (κ3) is 3.49. The number of thiophene rings is 1. The van der Waals surface area contributed by atoms with E-state index >= 15 is 0 Å². The lowest BCUT2D eigenvalue weighted by molar-refractivity contribution is 0.102. The molecule has 3 heterocycles. The smallest absolute Gasteiger partial charge is 0.257 e. The summed E-state index contributed by atoms with van der Waals surface area (Å²) in [5.41, 5.74) is 2.39. The first-order chi connectivity index (χ1) is 13.5. The van der Waals surface area contributed by atoms with E-state index in [1.807, 2.05) is 42.6 Å². The number of hydrogen-bond donors (Lipinski definition) is 2. The Balaban J connectivity index is 1.80. The molecule has 0 aliphatic carbocycles. The van der Waals surface area contributed by atoms with Crippen LogP contribution in [0.25, 0.3) is 16.5 Å². The SMILES string of the molecule is Cc1cc(=O)[nH]c(-n2nc(-c3cccs3)cc2NC(=O)c2ccccc2C)n1. The van der Waals surface area contributed by atoms with E-state index in [9.17, 15) is 9.59 Å². The summed E-state index contributed by atoms with van der Waals surface area (Å²) >= 11 is 1.54. The zero-order chi connectivity index (χ0) is 19.7. The lowest BCUT2D eigenvalue weighted by Gasteiger charge is -2.09. The highest BCUT2D eigenvalue weighted by atomic mass is 32.1. The van der Waals surface area contributed by atoms with Crippen molar-refractivity contribution in [3.05, 3.63) is 81.1 Å². The van der Waals surface area contributed by atoms with Gasteiger partial charge in [0.15, 0.2) is 0 Å². The van der Waals surface area contributed by atoms with Gasteiger partial charge in [0, 0.05) is 23.4 Å². The summed E-state index contributed by atoms with van der Waals surface area (Å²) in [6.45, 7) is 3.61. The molecule has 0 saturated carbocycles. The Bertz CT molecular complexity index is 1210. The van der Waals surface area contributed by atoms with E-state index in [0.29, 0.717) is 22.8 Å². The topological polar surface area (TPSA) is 92.7 Å². The number of aromatic nitrogens is 4. The van der Waals surface area contributed by atoms with Crippen LogP contribution in [0, 0.1) is 13.8 Å². The van der Waals surface area contributed by atoms with Crippen molar-refractivity contribution in [2.75, 3.05) is 5.32 Å². The van der Waals surface area contributed by atoms with Gasteiger partial charge in [-0.05, 0) is 36.9 Å². The quantitative estimate of drug-likeness (QED) is 0.556. The summed E-state index contributed by atoms with van der Waals surface area (Å²) in [5, 5.41) is 9.40. The van der Waals surface area contributed by atoms with E-state index in [1.165, 1.54) is 22.1 Å². The minimum absolute atomic E-state index is 0.243. The van der Waals surface area contributed by atoms with Gasteiger partial charge in [0.05, 0.1) is 4.88 Å². The molecule has 140 valence electrons. The van der Waals surface area contributed by atoms with Gasteiger partial charge >= 0.3 is 0 Å². The van der Waals surface area contributed by atoms with Crippen molar-refractivity contribution in [1.82, 2.24) is 19.7 Å².